The van der Waals surface area contributed by atoms with Crippen LogP contribution < -0.4 is 5.73 Å². The van der Waals surface area contributed by atoms with Crippen LogP contribution in [0.1, 0.15) is 78.6 Å². The topological polar surface area (TPSA) is 50.7 Å². The van der Waals surface area contributed by atoms with Crippen molar-refractivity contribution in [3.8, 4) is 0 Å². The molecule has 0 heterocycles. The Kier molecular flexibility index (Phi) is 10.0. The molecule has 23 heavy (non-hydrogen) atoms. The van der Waals surface area contributed by atoms with Crippen LogP contribution in [-0.2, 0) is 0 Å². The molecule has 0 unspecified atom stereocenters. The molecular weight excluding hydrogens is 282 g/mol. The Morgan fingerprint density at radius 3 is 2.48 bits per heavy atom. The van der Waals surface area contributed by atoms with Crippen LogP contribution in [0.3, 0.4) is 0 Å². The quantitative estimate of drug-likeness (QED) is 0.278. The first kappa shape index (κ1) is 19.4. The summed E-state index contributed by atoms with van der Waals surface area (Å²) < 4.78 is 0. The first-order valence-electron chi connectivity index (χ1n) is 9.13. The van der Waals surface area contributed by atoms with Crippen molar-refractivity contribution >= 4 is 29.0 Å². The fourth-order valence-corrected chi connectivity index (χ4v) is 2.44. The Bertz CT molecular complexity index is 504. The second-order valence-corrected chi connectivity index (χ2v) is 6.21. The lowest BCUT2D eigenvalue weighted by Crippen LogP contribution is -1.91. The van der Waals surface area contributed by atoms with Gasteiger partial charge in [0.15, 0.2) is 0 Å². The molecule has 0 spiro atoms. The highest BCUT2D eigenvalue weighted by Gasteiger charge is 2.01. The lowest BCUT2D eigenvalue weighted by atomic mass is 10.1. The summed E-state index contributed by atoms with van der Waals surface area (Å²) in [5, 5.41) is 0. The van der Waals surface area contributed by atoms with Gasteiger partial charge in [0.05, 0.1) is 11.4 Å². The molecule has 1 aromatic rings. The number of benzene rings is 1. The van der Waals surface area contributed by atoms with Gasteiger partial charge in [0.25, 0.3) is 0 Å². The van der Waals surface area contributed by atoms with Crippen LogP contribution in [0.5, 0.6) is 0 Å². The maximum Gasteiger partial charge on any atom is 0.0905 e. The third-order valence-corrected chi connectivity index (χ3v) is 3.87. The van der Waals surface area contributed by atoms with Gasteiger partial charge < -0.3 is 5.73 Å². The molecule has 1 aromatic carbocycles. The molecule has 0 bridgehead atoms. The minimum atomic E-state index is 0.741. The number of unbranched alkanes of at least 4 members (excludes halogenated alkanes) is 6. The van der Waals surface area contributed by atoms with Gasteiger partial charge in [0.2, 0.25) is 0 Å². The highest BCUT2D eigenvalue weighted by atomic mass is 14.8. The zero-order chi connectivity index (χ0) is 16.9. The summed E-state index contributed by atoms with van der Waals surface area (Å²) in [7, 11) is 0. The predicted octanol–water partition coefficient (Wildman–Crippen LogP) is 6.61. The summed E-state index contributed by atoms with van der Waals surface area (Å²) in [4.78, 5) is 9.33. The molecule has 3 heteroatoms. The second-order valence-electron chi connectivity index (χ2n) is 6.21. The molecule has 0 saturated carbocycles. The number of nitrogens with zero attached hydrogens (tertiary/aromatic N) is 2. The normalized spacial score (nSPS) is 12.2. The maximum atomic E-state index is 5.91. The lowest BCUT2D eigenvalue weighted by Gasteiger charge is -2.05. The minimum absolute atomic E-state index is 0.741. The van der Waals surface area contributed by atoms with Gasteiger partial charge in [-0.2, -0.15) is 0 Å². The van der Waals surface area contributed by atoms with Gasteiger partial charge in [-0.05, 0) is 50.8 Å². The number of hydrogen-bond acceptors (Lipinski definition) is 3. The molecule has 0 saturated heterocycles. The average Bonchev–Trinajstić information content (AvgIpc) is 2.54. The summed E-state index contributed by atoms with van der Waals surface area (Å²) in [6.45, 7) is 6.53. The zero-order valence-corrected chi connectivity index (χ0v) is 15.1. The number of rotatable bonds is 11. The van der Waals surface area contributed by atoms with E-state index in [2.05, 4.69) is 25.8 Å². The summed E-state index contributed by atoms with van der Waals surface area (Å²) in [5.41, 5.74) is 9.60. The standard InChI is InChI=1S/C20H33N3/c1-4-6-8-9-10-11-15-22-19-14-13-18(21)16-20(19)23-17(3)12-7-5-2/h13-16H,4-12,21H2,1-3H3. The number of nitrogen functional groups attached to an aromatic ring is 1. The van der Waals surface area contributed by atoms with E-state index in [4.69, 9.17) is 10.7 Å². The third kappa shape index (κ3) is 8.53. The number of anilines is 1. The second kappa shape index (κ2) is 11.9. The molecule has 0 aromatic heterocycles. The summed E-state index contributed by atoms with van der Waals surface area (Å²) >= 11 is 0. The fraction of sp³-hybridized carbons (Fsp3) is 0.600. The van der Waals surface area contributed by atoms with E-state index in [1.807, 2.05) is 24.4 Å². The molecular formula is C20H33N3. The Balaban J connectivity index is 2.63. The maximum absolute atomic E-state index is 5.91. The fourth-order valence-electron chi connectivity index (χ4n) is 2.44. The SMILES string of the molecule is CCCCCCCC=Nc1ccc(N)cc1N=C(C)CCCC. The van der Waals surface area contributed by atoms with E-state index in [1.54, 1.807) is 0 Å². The molecule has 3 nitrogen and oxygen atoms in total. The van der Waals surface area contributed by atoms with E-state index >= 15 is 0 Å². The Morgan fingerprint density at radius 1 is 1.00 bits per heavy atom. The van der Waals surface area contributed by atoms with Crippen LogP contribution in [0, 0.1) is 0 Å². The van der Waals surface area contributed by atoms with Crippen LogP contribution in [-0.4, -0.2) is 11.9 Å². The Morgan fingerprint density at radius 2 is 1.74 bits per heavy atom. The minimum Gasteiger partial charge on any atom is -0.399 e. The van der Waals surface area contributed by atoms with Crippen molar-refractivity contribution in [2.45, 2.75) is 78.6 Å². The van der Waals surface area contributed by atoms with E-state index in [1.165, 1.54) is 44.9 Å². The van der Waals surface area contributed by atoms with E-state index in [0.717, 1.165) is 35.6 Å². The summed E-state index contributed by atoms with van der Waals surface area (Å²) in [6.07, 6.45) is 12.9. The van der Waals surface area contributed by atoms with Crippen molar-refractivity contribution in [3.05, 3.63) is 18.2 Å². The van der Waals surface area contributed by atoms with Gasteiger partial charge in [-0.1, -0.05) is 46.0 Å². The number of hydrogen-bond donors (Lipinski definition) is 1. The van der Waals surface area contributed by atoms with E-state index in [-0.39, 0.29) is 0 Å². The molecule has 0 fully saturated rings. The van der Waals surface area contributed by atoms with Crippen molar-refractivity contribution < 1.29 is 0 Å². The number of nitrogens with two attached hydrogens (primary N) is 1. The van der Waals surface area contributed by atoms with Crippen molar-refractivity contribution in [1.82, 2.24) is 0 Å². The van der Waals surface area contributed by atoms with E-state index in [0.29, 0.717) is 0 Å². The Labute approximate surface area is 142 Å². The molecule has 0 radical (unpaired) electrons. The first-order valence-corrected chi connectivity index (χ1v) is 9.13. The molecule has 0 aliphatic rings. The smallest absolute Gasteiger partial charge is 0.0905 e. The van der Waals surface area contributed by atoms with Gasteiger partial charge in [-0.25, -0.2) is 0 Å². The summed E-state index contributed by atoms with van der Waals surface area (Å²) in [5.74, 6) is 0. The number of aliphatic imine (C=N–C) groups is 2. The van der Waals surface area contributed by atoms with Crippen molar-refractivity contribution in [2.75, 3.05) is 5.73 Å². The highest BCUT2D eigenvalue weighted by Crippen LogP contribution is 2.30. The molecule has 0 atom stereocenters. The molecule has 1 rings (SSSR count). The average molecular weight is 316 g/mol. The predicted molar refractivity (Wildman–Crippen MR) is 105 cm³/mol. The molecule has 0 amide bonds. The van der Waals surface area contributed by atoms with E-state index in [9.17, 15) is 0 Å². The monoisotopic (exact) mass is 315 g/mol. The first-order chi connectivity index (χ1) is 11.2. The van der Waals surface area contributed by atoms with Crippen LogP contribution in [0.2, 0.25) is 0 Å². The molecule has 0 aliphatic heterocycles. The van der Waals surface area contributed by atoms with Gasteiger partial charge in [-0.3, -0.25) is 9.98 Å². The van der Waals surface area contributed by atoms with Crippen molar-refractivity contribution in [1.29, 1.82) is 0 Å². The third-order valence-electron chi connectivity index (χ3n) is 3.87. The van der Waals surface area contributed by atoms with Gasteiger partial charge >= 0.3 is 0 Å². The molecule has 0 aliphatic carbocycles. The Hall–Kier alpha value is -1.64. The van der Waals surface area contributed by atoms with Crippen molar-refractivity contribution in [2.24, 2.45) is 9.98 Å². The molecule has 128 valence electrons. The van der Waals surface area contributed by atoms with Crippen LogP contribution in [0.25, 0.3) is 0 Å². The largest absolute Gasteiger partial charge is 0.399 e. The summed E-state index contributed by atoms with van der Waals surface area (Å²) in [6, 6.07) is 5.78. The van der Waals surface area contributed by atoms with E-state index < -0.39 is 0 Å². The van der Waals surface area contributed by atoms with Crippen LogP contribution in [0.4, 0.5) is 17.1 Å². The van der Waals surface area contributed by atoms with Crippen molar-refractivity contribution in [3.63, 3.8) is 0 Å². The van der Waals surface area contributed by atoms with Gasteiger partial charge in [-0.15, -0.1) is 0 Å². The van der Waals surface area contributed by atoms with Crippen LogP contribution in [0.15, 0.2) is 28.2 Å². The van der Waals surface area contributed by atoms with Gasteiger partial charge in [0, 0.05) is 17.6 Å². The zero-order valence-electron chi connectivity index (χ0n) is 15.1. The molecule has 2 N–H and O–H groups in total. The lowest BCUT2D eigenvalue weighted by molar-refractivity contribution is 0.645. The van der Waals surface area contributed by atoms with Crippen LogP contribution >= 0.6 is 0 Å². The van der Waals surface area contributed by atoms with Gasteiger partial charge in [0.1, 0.15) is 0 Å². The highest BCUT2D eigenvalue weighted by molar-refractivity contribution is 5.87.